The Hall–Kier alpha value is -0.330. The first-order chi connectivity index (χ1) is 25.1. The molecule has 2 saturated heterocycles. The number of hydrogen-bond acceptors (Lipinski definition) is 8. The van der Waals surface area contributed by atoms with Crippen molar-refractivity contribution >= 4 is 80.1 Å². The second kappa shape index (κ2) is 21.8. The molecular formula is C36H58B2O8P6. The van der Waals surface area contributed by atoms with Gasteiger partial charge in [-0.3, -0.25) is 9.59 Å². The van der Waals surface area contributed by atoms with Gasteiger partial charge in [0.15, 0.2) is 0 Å². The topological polar surface area (TPSA) is 89.5 Å². The van der Waals surface area contributed by atoms with Crippen LogP contribution in [0.15, 0.2) is 72.8 Å². The number of hydrogen-bond donors (Lipinski definition) is 0. The third-order valence-electron chi connectivity index (χ3n) is 10.8. The molecule has 2 aliphatic carbocycles. The van der Waals surface area contributed by atoms with Crippen LogP contribution in [0.3, 0.4) is 0 Å². The fraction of sp³-hybridized carbons (Fsp3) is 0.556. The Kier molecular flexibility index (Phi) is 18.0. The van der Waals surface area contributed by atoms with E-state index in [-0.39, 0.29) is 76.0 Å². The zero-order chi connectivity index (χ0) is 37.0. The summed E-state index contributed by atoms with van der Waals surface area (Å²) in [7, 11) is 15.4. The molecule has 2 saturated carbocycles. The summed E-state index contributed by atoms with van der Waals surface area (Å²) in [5, 5.41) is 0. The first-order valence-electron chi connectivity index (χ1n) is 18.3. The predicted octanol–water partition coefficient (Wildman–Crippen LogP) is 7.56. The number of fused-ring (bicyclic) bond motifs is 2. The van der Waals surface area contributed by atoms with Crippen LogP contribution in [0.25, 0.3) is 0 Å². The summed E-state index contributed by atoms with van der Waals surface area (Å²) in [6, 6.07) is 20.9. The minimum atomic E-state index is -0.0897. The van der Waals surface area contributed by atoms with Crippen molar-refractivity contribution in [3.05, 3.63) is 83.9 Å². The highest BCUT2D eigenvalue weighted by Gasteiger charge is 2.51. The van der Waals surface area contributed by atoms with Crippen LogP contribution in [-0.4, -0.2) is 61.3 Å². The van der Waals surface area contributed by atoms with Crippen LogP contribution < -0.4 is 0 Å². The zero-order valence-electron chi connectivity index (χ0n) is 29.7. The summed E-state index contributed by atoms with van der Waals surface area (Å²) in [4.78, 5) is 23.3. The molecule has 16 atom stereocenters. The molecule has 16 heteroatoms. The molecule has 2 aliphatic heterocycles. The number of carbonyl (C=O) groups excluding carboxylic acids is 2. The molecular weight excluding hydrogens is 768 g/mol. The lowest BCUT2D eigenvalue weighted by molar-refractivity contribution is -0.142. The Balaban J connectivity index is 0.000000280. The highest BCUT2D eigenvalue weighted by molar-refractivity contribution is 7.92. The number of aryl methyl sites for hydroxylation is 2. The average molecular weight is 830 g/mol. The van der Waals surface area contributed by atoms with Crippen molar-refractivity contribution in [1.29, 1.82) is 0 Å². The van der Waals surface area contributed by atoms with E-state index >= 15 is 0 Å². The van der Waals surface area contributed by atoms with Crippen LogP contribution in [0.5, 0.6) is 0 Å². The minimum absolute atomic E-state index is 0. The normalized spacial score (nSPS) is 28.8. The van der Waals surface area contributed by atoms with E-state index in [0.717, 1.165) is 51.4 Å². The SMILES string of the molecule is O=C1C[C@@H]2[C@@H](/C=C/[C@@H](CCc3ccccc3)OP)[C@H](OB(P)P)C[C@@H]2O1.O=C1C[C@@H]2[C@@H](CC[C@@H](CCc3ccccc3)OP)[C@H](OB(P)P)C[C@@H]2O1.[3HH].[3HH]. The summed E-state index contributed by atoms with van der Waals surface area (Å²) in [6.45, 7) is 0. The number of ether oxygens (including phenoxy) is 2. The minimum Gasteiger partial charge on any atom is -0.462 e. The quantitative estimate of drug-likeness (QED) is 0.0699. The highest BCUT2D eigenvalue weighted by Crippen LogP contribution is 2.46. The van der Waals surface area contributed by atoms with E-state index < -0.39 is 0 Å². The van der Waals surface area contributed by atoms with Gasteiger partial charge in [0, 0.05) is 58.5 Å². The molecule has 0 spiro atoms. The van der Waals surface area contributed by atoms with Crippen LogP contribution in [0, 0.1) is 23.7 Å². The molecule has 0 N–H and O–H groups in total. The van der Waals surface area contributed by atoms with Gasteiger partial charge in [-0.05, 0) is 55.6 Å². The Bertz CT molecular complexity index is 1440. The highest BCUT2D eigenvalue weighted by atomic mass is 31.1. The molecule has 6 unspecified atom stereocenters. The van der Waals surface area contributed by atoms with E-state index in [2.05, 4.69) is 116 Å². The van der Waals surface area contributed by atoms with E-state index in [1.807, 2.05) is 12.1 Å². The molecule has 4 aliphatic rings. The maximum atomic E-state index is 11.7. The predicted molar refractivity (Wildman–Crippen MR) is 234 cm³/mol. The van der Waals surface area contributed by atoms with Gasteiger partial charge in [-0.1, -0.05) is 72.8 Å². The molecule has 52 heavy (non-hydrogen) atoms. The fourth-order valence-electron chi connectivity index (χ4n) is 8.27. The summed E-state index contributed by atoms with van der Waals surface area (Å²) < 4.78 is 34.3. The molecule has 2 heterocycles. The molecule has 8 nitrogen and oxygen atoms in total. The van der Waals surface area contributed by atoms with Crippen molar-refractivity contribution in [3.8, 4) is 0 Å². The summed E-state index contributed by atoms with van der Waals surface area (Å²) >= 11 is 0. The van der Waals surface area contributed by atoms with Gasteiger partial charge < -0.3 is 27.8 Å². The van der Waals surface area contributed by atoms with E-state index in [0.29, 0.717) is 24.7 Å². The monoisotopic (exact) mass is 830 g/mol. The summed E-state index contributed by atoms with van der Waals surface area (Å²) in [5.41, 5.74) is 2.64. The van der Waals surface area contributed by atoms with Crippen molar-refractivity contribution in [3.63, 3.8) is 0 Å². The molecule has 2 aromatic rings. The fourth-order valence-corrected chi connectivity index (χ4v) is 9.58. The van der Waals surface area contributed by atoms with Gasteiger partial charge in [0.1, 0.15) is 12.2 Å². The first-order valence-corrected chi connectivity index (χ1v) is 21.9. The van der Waals surface area contributed by atoms with Gasteiger partial charge in [0.2, 0.25) is 0 Å². The van der Waals surface area contributed by atoms with Crippen LogP contribution in [0.2, 0.25) is 0 Å². The van der Waals surface area contributed by atoms with Crippen molar-refractivity contribution in [2.75, 3.05) is 0 Å². The number of esters is 2. The summed E-state index contributed by atoms with van der Waals surface area (Å²) in [6.07, 6.45) is 13.2. The third kappa shape index (κ3) is 12.9. The second-order valence-corrected chi connectivity index (χ2v) is 18.9. The van der Waals surface area contributed by atoms with Gasteiger partial charge in [-0.15, -0.1) is 36.5 Å². The molecule has 4 fully saturated rings. The van der Waals surface area contributed by atoms with Gasteiger partial charge in [0.05, 0.1) is 31.2 Å². The van der Waals surface area contributed by atoms with Crippen molar-refractivity contribution in [2.45, 2.75) is 101 Å². The maximum absolute atomic E-state index is 11.7. The lowest BCUT2D eigenvalue weighted by Crippen LogP contribution is -2.27. The van der Waals surface area contributed by atoms with Gasteiger partial charge in [-0.25, -0.2) is 0 Å². The van der Waals surface area contributed by atoms with Gasteiger partial charge >= 0.3 is 24.6 Å². The van der Waals surface area contributed by atoms with Crippen LogP contribution >= 0.6 is 55.4 Å². The van der Waals surface area contributed by atoms with Crippen LogP contribution in [0.1, 0.15) is 65.3 Å². The molecule has 2 aromatic carbocycles. The Morgan fingerprint density at radius 1 is 0.731 bits per heavy atom. The van der Waals surface area contributed by atoms with E-state index in [1.165, 1.54) is 11.1 Å². The van der Waals surface area contributed by atoms with Crippen LogP contribution in [0.4, 0.5) is 0 Å². The largest absolute Gasteiger partial charge is 0.462 e. The van der Waals surface area contributed by atoms with Crippen molar-refractivity contribution in [2.24, 2.45) is 23.7 Å². The van der Waals surface area contributed by atoms with E-state index in [9.17, 15) is 9.59 Å². The van der Waals surface area contributed by atoms with Gasteiger partial charge in [0.25, 0.3) is 0 Å². The first kappa shape index (κ1) is 42.8. The Morgan fingerprint density at radius 3 is 1.85 bits per heavy atom. The molecule has 286 valence electrons. The lowest BCUT2D eigenvalue weighted by atomic mass is 9.86. The third-order valence-corrected chi connectivity index (χ3v) is 12.1. The molecule has 0 amide bonds. The molecule has 0 radical (unpaired) electrons. The summed E-state index contributed by atoms with van der Waals surface area (Å²) in [5.74, 6) is 0.883. The zero-order valence-corrected chi connectivity index (χ0v) is 36.6. The van der Waals surface area contributed by atoms with E-state index in [1.54, 1.807) is 0 Å². The lowest BCUT2D eigenvalue weighted by Gasteiger charge is -2.26. The Morgan fingerprint density at radius 2 is 1.27 bits per heavy atom. The number of carbonyl (C=O) groups is 2. The van der Waals surface area contributed by atoms with Crippen LogP contribution in [-0.2, 0) is 50.3 Å². The molecule has 0 bridgehead atoms. The smallest absolute Gasteiger partial charge is 0.336 e. The average Bonchev–Trinajstić information content (AvgIpc) is 3.84. The number of rotatable bonds is 17. The Labute approximate surface area is 327 Å². The molecule has 6 rings (SSSR count). The second-order valence-electron chi connectivity index (χ2n) is 14.2. The van der Waals surface area contributed by atoms with E-state index in [4.69, 9.17) is 27.8 Å². The van der Waals surface area contributed by atoms with Crippen molar-refractivity contribution < 1.29 is 40.3 Å². The maximum Gasteiger partial charge on any atom is 0.336 e. The standard InChI is InChI=1S/C18H28BO4P3.C18H26BO4P3.2H2/c2*20-18-10-15-14(17(22-19(24)25)11-16(15)21-18)9-8-13(23-26)7-6-12-4-2-1-3-5-12;;/h1-5,13-17H,6-11,24-26H2;1-5,8-9,13-17H,6-7,10-11,24-26H2;2*1H/b;9-8+;;/t2*13-,14-,15-,16+,17-;;/m11../s1/i;;2*1+2. The molecule has 0 aromatic heterocycles. The number of benzene rings is 2. The van der Waals surface area contributed by atoms with Gasteiger partial charge in [-0.2, -0.15) is 0 Å². The van der Waals surface area contributed by atoms with Crippen molar-refractivity contribution in [1.82, 2.24) is 0 Å².